The first kappa shape index (κ1) is 17.5. The normalized spacial score (nSPS) is 15.6. The van der Waals surface area contributed by atoms with Gasteiger partial charge in [0, 0.05) is 5.54 Å². The van der Waals surface area contributed by atoms with Gasteiger partial charge in [-0.15, -0.1) is 0 Å². The van der Waals surface area contributed by atoms with E-state index in [0.29, 0.717) is 23.3 Å². The quantitative estimate of drug-likeness (QED) is 0.839. The average molecular weight is 334 g/mol. The number of thioether (sulfide) groups is 1. The van der Waals surface area contributed by atoms with E-state index in [0.717, 1.165) is 4.90 Å². The molecule has 1 heterocycles. The van der Waals surface area contributed by atoms with E-state index in [9.17, 15) is 14.4 Å². The lowest BCUT2D eigenvalue weighted by molar-refractivity contribution is -0.126. The summed E-state index contributed by atoms with van der Waals surface area (Å²) in [5.41, 5.74) is 0.318. The van der Waals surface area contributed by atoms with Crippen molar-refractivity contribution in [2.45, 2.75) is 38.8 Å². The van der Waals surface area contributed by atoms with E-state index in [1.807, 2.05) is 27.0 Å². The molecule has 0 saturated carbocycles. The van der Waals surface area contributed by atoms with Crippen molar-refractivity contribution < 1.29 is 14.4 Å². The molecule has 124 valence electrons. The lowest BCUT2D eigenvalue weighted by atomic mass is 10.1. The number of rotatable bonds is 5. The Balaban J connectivity index is 2.32. The highest BCUT2D eigenvalue weighted by molar-refractivity contribution is 7.98. The van der Waals surface area contributed by atoms with Gasteiger partial charge in [-0.3, -0.25) is 19.3 Å². The molecule has 1 aromatic rings. The number of hydrogen-bond acceptors (Lipinski definition) is 4. The molecule has 5 nitrogen and oxygen atoms in total. The largest absolute Gasteiger partial charge is 0.350 e. The van der Waals surface area contributed by atoms with Crippen LogP contribution in [0.15, 0.2) is 24.3 Å². The fourth-order valence-corrected chi connectivity index (χ4v) is 3.01. The monoisotopic (exact) mass is 334 g/mol. The SMILES string of the molecule is CSCC[C@H](C(=O)NC(C)(C)C)N1C(=O)c2ccccc2C1=O. The highest BCUT2D eigenvalue weighted by atomic mass is 32.2. The summed E-state index contributed by atoms with van der Waals surface area (Å²) in [6.07, 6.45) is 2.37. The molecule has 0 aromatic heterocycles. The minimum Gasteiger partial charge on any atom is -0.350 e. The molecule has 1 N–H and O–H groups in total. The number of hydrogen-bond donors (Lipinski definition) is 1. The number of amides is 3. The van der Waals surface area contributed by atoms with Gasteiger partial charge < -0.3 is 5.32 Å². The second-order valence-electron chi connectivity index (χ2n) is 6.56. The van der Waals surface area contributed by atoms with Gasteiger partial charge in [0.25, 0.3) is 11.8 Å². The van der Waals surface area contributed by atoms with Gasteiger partial charge >= 0.3 is 0 Å². The summed E-state index contributed by atoms with van der Waals surface area (Å²) in [7, 11) is 0. The Morgan fingerprint density at radius 2 is 1.70 bits per heavy atom. The van der Waals surface area contributed by atoms with Crippen LogP contribution in [-0.2, 0) is 4.79 Å². The van der Waals surface area contributed by atoms with E-state index in [-0.39, 0.29) is 17.7 Å². The van der Waals surface area contributed by atoms with Gasteiger partial charge in [-0.2, -0.15) is 11.8 Å². The van der Waals surface area contributed by atoms with Crippen LogP contribution in [0.3, 0.4) is 0 Å². The van der Waals surface area contributed by atoms with Crippen LogP contribution in [0.4, 0.5) is 0 Å². The first-order valence-corrected chi connectivity index (χ1v) is 8.93. The third-order valence-electron chi connectivity index (χ3n) is 3.53. The van der Waals surface area contributed by atoms with Crippen LogP contribution in [-0.4, -0.2) is 46.2 Å². The number of carbonyl (C=O) groups is 3. The number of benzene rings is 1. The van der Waals surface area contributed by atoms with Crippen molar-refractivity contribution in [1.82, 2.24) is 10.2 Å². The Morgan fingerprint density at radius 3 is 2.13 bits per heavy atom. The van der Waals surface area contributed by atoms with Gasteiger partial charge in [0.2, 0.25) is 5.91 Å². The zero-order chi connectivity index (χ0) is 17.2. The molecule has 0 spiro atoms. The molecule has 3 amide bonds. The van der Waals surface area contributed by atoms with Crippen molar-refractivity contribution in [3.63, 3.8) is 0 Å². The second kappa shape index (κ2) is 6.74. The molecular weight excluding hydrogens is 312 g/mol. The van der Waals surface area contributed by atoms with E-state index in [1.165, 1.54) is 0 Å². The van der Waals surface area contributed by atoms with Crippen LogP contribution >= 0.6 is 11.8 Å². The zero-order valence-electron chi connectivity index (χ0n) is 13.9. The molecule has 0 fully saturated rings. The minimum absolute atomic E-state index is 0.291. The minimum atomic E-state index is -0.783. The molecule has 0 unspecified atom stereocenters. The van der Waals surface area contributed by atoms with Crippen LogP contribution in [0.2, 0.25) is 0 Å². The number of fused-ring (bicyclic) bond motifs is 1. The number of carbonyl (C=O) groups excluding carboxylic acids is 3. The smallest absolute Gasteiger partial charge is 0.262 e. The van der Waals surface area contributed by atoms with Gasteiger partial charge in [0.1, 0.15) is 6.04 Å². The molecule has 1 aliphatic heterocycles. The molecule has 1 aliphatic rings. The third-order valence-corrected chi connectivity index (χ3v) is 4.18. The Bertz CT molecular complexity index is 602. The van der Waals surface area contributed by atoms with E-state index in [1.54, 1.807) is 36.0 Å². The number of nitrogens with one attached hydrogen (secondary N) is 1. The van der Waals surface area contributed by atoms with E-state index in [4.69, 9.17) is 0 Å². The standard InChI is InChI=1S/C17H22N2O3S/c1-17(2,3)18-14(20)13(9-10-23-4)19-15(21)11-7-5-6-8-12(11)16(19)22/h5-8,13H,9-10H2,1-4H3,(H,18,20)/t13-/m1/s1. The maximum atomic E-state index is 12.6. The first-order chi connectivity index (χ1) is 10.8. The van der Waals surface area contributed by atoms with Crippen molar-refractivity contribution >= 4 is 29.5 Å². The zero-order valence-corrected chi connectivity index (χ0v) is 14.7. The van der Waals surface area contributed by atoms with Crippen molar-refractivity contribution in [2.24, 2.45) is 0 Å². The molecule has 1 atom stereocenters. The van der Waals surface area contributed by atoms with E-state index < -0.39 is 11.6 Å². The maximum Gasteiger partial charge on any atom is 0.262 e. The summed E-state index contributed by atoms with van der Waals surface area (Å²) < 4.78 is 0. The summed E-state index contributed by atoms with van der Waals surface area (Å²) in [6, 6.07) is 5.92. The summed E-state index contributed by atoms with van der Waals surface area (Å²) >= 11 is 1.58. The predicted octanol–water partition coefficient (Wildman–Crippen LogP) is 2.32. The van der Waals surface area contributed by atoms with Crippen molar-refractivity contribution in [1.29, 1.82) is 0 Å². The molecular formula is C17H22N2O3S. The molecule has 1 aromatic carbocycles. The van der Waals surface area contributed by atoms with E-state index in [2.05, 4.69) is 5.32 Å². The third kappa shape index (κ3) is 3.75. The fourth-order valence-electron chi connectivity index (χ4n) is 2.55. The van der Waals surface area contributed by atoms with Crippen LogP contribution in [0.1, 0.15) is 47.9 Å². The van der Waals surface area contributed by atoms with Gasteiger partial charge in [-0.1, -0.05) is 12.1 Å². The lowest BCUT2D eigenvalue weighted by Gasteiger charge is -2.29. The Kier molecular flexibility index (Phi) is 5.14. The topological polar surface area (TPSA) is 66.5 Å². The molecule has 0 aliphatic carbocycles. The second-order valence-corrected chi connectivity index (χ2v) is 7.55. The molecule has 0 bridgehead atoms. The van der Waals surface area contributed by atoms with Crippen LogP contribution < -0.4 is 5.32 Å². The van der Waals surface area contributed by atoms with Gasteiger partial charge in [-0.25, -0.2) is 0 Å². The van der Waals surface area contributed by atoms with Crippen LogP contribution in [0.5, 0.6) is 0 Å². The Morgan fingerprint density at radius 1 is 1.17 bits per heavy atom. The number of imide groups is 1. The van der Waals surface area contributed by atoms with Crippen molar-refractivity contribution in [2.75, 3.05) is 12.0 Å². The fraction of sp³-hybridized carbons (Fsp3) is 0.471. The van der Waals surface area contributed by atoms with Gasteiger partial charge in [0.05, 0.1) is 11.1 Å². The van der Waals surface area contributed by atoms with Crippen LogP contribution in [0, 0.1) is 0 Å². The molecule has 2 rings (SSSR count). The number of nitrogens with zero attached hydrogens (tertiary/aromatic N) is 1. The average Bonchev–Trinajstić information content (AvgIpc) is 2.71. The molecule has 0 radical (unpaired) electrons. The maximum absolute atomic E-state index is 12.6. The van der Waals surface area contributed by atoms with Gasteiger partial charge in [0.15, 0.2) is 0 Å². The highest BCUT2D eigenvalue weighted by Crippen LogP contribution is 2.26. The molecule has 6 heteroatoms. The van der Waals surface area contributed by atoms with Crippen molar-refractivity contribution in [3.05, 3.63) is 35.4 Å². The predicted molar refractivity (Wildman–Crippen MR) is 91.6 cm³/mol. The first-order valence-electron chi connectivity index (χ1n) is 7.54. The van der Waals surface area contributed by atoms with Crippen LogP contribution in [0.25, 0.3) is 0 Å². The molecule has 23 heavy (non-hydrogen) atoms. The van der Waals surface area contributed by atoms with Gasteiger partial charge in [-0.05, 0) is 51.3 Å². The summed E-state index contributed by atoms with van der Waals surface area (Å²) in [5, 5.41) is 2.88. The Hall–Kier alpha value is -1.82. The Labute approximate surface area is 140 Å². The summed E-state index contributed by atoms with van der Waals surface area (Å²) in [4.78, 5) is 38.9. The van der Waals surface area contributed by atoms with Crippen molar-refractivity contribution in [3.8, 4) is 0 Å². The highest BCUT2D eigenvalue weighted by Gasteiger charge is 2.42. The summed E-state index contributed by atoms with van der Waals surface area (Å²) in [6.45, 7) is 5.62. The van der Waals surface area contributed by atoms with E-state index >= 15 is 0 Å². The molecule has 0 saturated heterocycles. The lowest BCUT2D eigenvalue weighted by Crippen LogP contribution is -2.54. The summed E-state index contributed by atoms with van der Waals surface area (Å²) in [5.74, 6) is -0.377.